The summed E-state index contributed by atoms with van der Waals surface area (Å²) in [5.41, 5.74) is 0. The van der Waals surface area contributed by atoms with Crippen LogP contribution < -0.4 is 0 Å². The third-order valence-corrected chi connectivity index (χ3v) is 14.1. The molecule has 51 heavy (non-hydrogen) atoms. The van der Waals surface area contributed by atoms with Crippen molar-refractivity contribution in [3.05, 3.63) is 29.6 Å². The van der Waals surface area contributed by atoms with E-state index in [-0.39, 0.29) is 12.2 Å². The van der Waals surface area contributed by atoms with Gasteiger partial charge >= 0.3 is 0 Å². The van der Waals surface area contributed by atoms with Gasteiger partial charge in [-0.3, -0.25) is 0 Å². The van der Waals surface area contributed by atoms with Crippen LogP contribution in [0.1, 0.15) is 46.5 Å². The lowest BCUT2D eigenvalue weighted by Gasteiger charge is -2.49. The van der Waals surface area contributed by atoms with Gasteiger partial charge in [0.2, 0.25) is 0 Å². The Morgan fingerprint density at radius 2 is 0.902 bits per heavy atom. The van der Waals surface area contributed by atoms with Crippen molar-refractivity contribution >= 4 is 47.0 Å². The SMILES string of the molecule is CCOCCOCCOCCOCCOC1C[C@@H](C)CC2C(OCCOCCOCCOCCOCC3=CSC(=C4SC=CS4)S3)C[C@@H](C)CC12. The first kappa shape index (κ1) is 43.9. The van der Waals surface area contributed by atoms with Crippen LogP contribution in [0.15, 0.2) is 29.6 Å². The Morgan fingerprint density at radius 1 is 0.490 bits per heavy atom. The zero-order valence-corrected chi connectivity index (χ0v) is 34.2. The minimum absolute atomic E-state index is 0.264. The minimum Gasteiger partial charge on any atom is -0.379 e. The molecule has 0 spiro atoms. The van der Waals surface area contributed by atoms with Crippen LogP contribution in [0, 0.1) is 23.7 Å². The van der Waals surface area contributed by atoms with E-state index in [1.165, 1.54) is 26.2 Å². The molecule has 0 N–H and O–H groups in total. The first-order valence-electron chi connectivity index (χ1n) is 18.7. The van der Waals surface area contributed by atoms with E-state index in [1.54, 1.807) is 35.3 Å². The lowest BCUT2D eigenvalue weighted by molar-refractivity contribution is -0.136. The Kier molecular flexibility index (Phi) is 23.9. The monoisotopic (exact) mass is 794 g/mol. The van der Waals surface area contributed by atoms with Crippen molar-refractivity contribution < 1.29 is 47.4 Å². The summed E-state index contributed by atoms with van der Waals surface area (Å²) in [6.07, 6.45) is 5.17. The molecule has 0 amide bonds. The average molecular weight is 795 g/mol. The molecule has 4 aliphatic rings. The van der Waals surface area contributed by atoms with Crippen molar-refractivity contribution in [1.29, 1.82) is 0 Å². The number of ether oxygens (including phenoxy) is 10. The molecule has 2 aliphatic carbocycles. The van der Waals surface area contributed by atoms with Crippen LogP contribution in [0.25, 0.3) is 0 Å². The maximum atomic E-state index is 6.48. The van der Waals surface area contributed by atoms with E-state index in [0.29, 0.717) is 136 Å². The Morgan fingerprint density at radius 3 is 1.35 bits per heavy atom. The number of fused-ring (bicyclic) bond motifs is 1. The van der Waals surface area contributed by atoms with Gasteiger partial charge in [0.1, 0.15) is 0 Å². The average Bonchev–Trinajstić information content (AvgIpc) is 3.84. The molecule has 2 fully saturated rings. The van der Waals surface area contributed by atoms with Gasteiger partial charge in [-0.2, -0.15) is 0 Å². The van der Waals surface area contributed by atoms with Crippen LogP contribution >= 0.6 is 47.0 Å². The maximum Gasteiger partial charge on any atom is 0.0785 e. The topological polar surface area (TPSA) is 92.3 Å². The molecule has 14 heteroatoms. The fourth-order valence-corrected chi connectivity index (χ4v) is 11.2. The van der Waals surface area contributed by atoms with E-state index >= 15 is 0 Å². The van der Waals surface area contributed by atoms with E-state index in [0.717, 1.165) is 19.4 Å². The van der Waals surface area contributed by atoms with E-state index in [9.17, 15) is 0 Å². The highest BCUT2D eigenvalue weighted by molar-refractivity contribution is 8.33. The predicted octanol–water partition coefficient (Wildman–Crippen LogP) is 7.40. The van der Waals surface area contributed by atoms with Gasteiger partial charge in [-0.05, 0) is 72.5 Å². The van der Waals surface area contributed by atoms with Gasteiger partial charge in [0.15, 0.2) is 0 Å². The van der Waals surface area contributed by atoms with Crippen LogP contribution in [-0.2, 0) is 47.4 Å². The van der Waals surface area contributed by atoms with E-state index < -0.39 is 0 Å². The lowest BCUT2D eigenvalue weighted by Crippen LogP contribution is -2.48. The van der Waals surface area contributed by atoms with Crippen LogP contribution in [0.3, 0.4) is 0 Å². The van der Waals surface area contributed by atoms with Crippen LogP contribution in [0.2, 0.25) is 0 Å². The molecule has 0 aromatic heterocycles. The summed E-state index contributed by atoms with van der Waals surface area (Å²) in [6.45, 7) is 17.3. The quantitative estimate of drug-likeness (QED) is 0.0705. The van der Waals surface area contributed by atoms with Crippen LogP contribution in [0.5, 0.6) is 0 Å². The molecule has 2 heterocycles. The highest BCUT2D eigenvalue weighted by Gasteiger charge is 2.45. The second kappa shape index (κ2) is 27.7. The first-order chi connectivity index (χ1) is 25.1. The maximum absolute atomic E-state index is 6.48. The summed E-state index contributed by atoms with van der Waals surface area (Å²) in [7, 11) is 0. The van der Waals surface area contributed by atoms with Gasteiger partial charge in [0.25, 0.3) is 0 Å². The van der Waals surface area contributed by atoms with Crippen molar-refractivity contribution in [3.63, 3.8) is 0 Å². The molecular weight excluding hydrogens is 733 g/mol. The third-order valence-electron chi connectivity index (χ3n) is 9.02. The lowest BCUT2D eigenvalue weighted by atomic mass is 9.63. The molecule has 0 aromatic carbocycles. The number of hydrogen-bond donors (Lipinski definition) is 0. The van der Waals surface area contributed by atoms with Gasteiger partial charge in [-0.25, -0.2) is 0 Å². The Hall–Kier alpha value is 0.220. The van der Waals surface area contributed by atoms with Crippen LogP contribution in [-0.4, -0.2) is 131 Å². The molecule has 6 atom stereocenters. The second-order valence-electron chi connectivity index (χ2n) is 13.1. The standard InChI is InChI=1S/C37H62O10S4/c1-4-38-5-6-39-7-8-40-11-13-43-17-19-46-34-25-29(2)24-33-32(34)23-30(3)26-35(33)47-20-18-44-14-12-41-9-10-42-15-16-45-27-31-28-50-37(51-31)36-48-21-22-49-36/h21-22,28-30,32-35H,4-20,23-27H2,1-3H3/t29-,30-,32?,33?,34?,35?/m0/s1. The van der Waals surface area contributed by atoms with Gasteiger partial charge in [0.05, 0.1) is 133 Å². The summed E-state index contributed by atoms with van der Waals surface area (Å²) in [5.74, 6) is 2.33. The molecule has 0 radical (unpaired) electrons. The third kappa shape index (κ3) is 18.1. The molecule has 4 unspecified atom stereocenters. The Bertz CT molecular complexity index is 1010. The van der Waals surface area contributed by atoms with E-state index in [1.807, 2.05) is 18.7 Å². The molecule has 0 aromatic rings. The smallest absolute Gasteiger partial charge is 0.0785 e. The van der Waals surface area contributed by atoms with Gasteiger partial charge in [-0.15, -0.1) is 0 Å². The van der Waals surface area contributed by atoms with Gasteiger partial charge in [-0.1, -0.05) is 60.9 Å². The Labute approximate surface area is 323 Å². The van der Waals surface area contributed by atoms with Crippen LogP contribution in [0.4, 0.5) is 0 Å². The number of hydrogen-bond acceptors (Lipinski definition) is 14. The van der Waals surface area contributed by atoms with Crippen molar-refractivity contribution in [2.45, 2.75) is 58.7 Å². The zero-order valence-electron chi connectivity index (χ0n) is 31.0. The van der Waals surface area contributed by atoms with Crippen molar-refractivity contribution in [2.24, 2.45) is 23.7 Å². The first-order valence-corrected chi connectivity index (χ1v) is 22.2. The van der Waals surface area contributed by atoms with E-state index in [4.69, 9.17) is 47.4 Å². The molecule has 2 saturated carbocycles. The molecular formula is C37H62O10S4. The fourth-order valence-electron chi connectivity index (χ4n) is 6.75. The molecule has 0 saturated heterocycles. The minimum atomic E-state index is 0.264. The van der Waals surface area contributed by atoms with Crippen molar-refractivity contribution in [1.82, 2.24) is 0 Å². The van der Waals surface area contributed by atoms with Gasteiger partial charge < -0.3 is 47.4 Å². The largest absolute Gasteiger partial charge is 0.379 e. The molecule has 0 bridgehead atoms. The summed E-state index contributed by atoms with van der Waals surface area (Å²) >= 11 is 7.19. The number of thioether (sulfide) groups is 4. The second-order valence-corrected chi connectivity index (χ2v) is 17.5. The van der Waals surface area contributed by atoms with Gasteiger partial charge in [0, 0.05) is 11.5 Å². The van der Waals surface area contributed by atoms with E-state index in [2.05, 4.69) is 30.1 Å². The highest BCUT2D eigenvalue weighted by atomic mass is 32.2. The predicted molar refractivity (Wildman–Crippen MR) is 210 cm³/mol. The molecule has 294 valence electrons. The number of rotatable bonds is 29. The normalized spacial score (nSPS) is 26.3. The summed E-state index contributed by atoms with van der Waals surface area (Å²) in [4.78, 5) is 1.26. The van der Waals surface area contributed by atoms with Crippen molar-refractivity contribution in [3.8, 4) is 0 Å². The summed E-state index contributed by atoms with van der Waals surface area (Å²) < 4.78 is 60.6. The molecule has 4 rings (SSSR count). The van der Waals surface area contributed by atoms with Crippen molar-refractivity contribution in [2.75, 3.05) is 119 Å². The molecule has 10 nitrogen and oxygen atoms in total. The Balaban J connectivity index is 0.947. The summed E-state index contributed by atoms with van der Waals surface area (Å²) in [6, 6.07) is 0. The zero-order chi connectivity index (χ0) is 35.8. The molecule has 2 aliphatic heterocycles. The highest BCUT2D eigenvalue weighted by Crippen LogP contribution is 2.53. The summed E-state index contributed by atoms with van der Waals surface area (Å²) in [5, 5.41) is 6.45. The fraction of sp³-hybridized carbons (Fsp3) is 0.838.